The van der Waals surface area contributed by atoms with Crippen LogP contribution in [0.2, 0.25) is 0 Å². The van der Waals surface area contributed by atoms with Crippen LogP contribution >= 0.6 is 0 Å². The highest BCUT2D eigenvalue weighted by atomic mass is 16.5. The summed E-state index contributed by atoms with van der Waals surface area (Å²) in [6.45, 7) is 2.06. The van der Waals surface area contributed by atoms with Crippen LogP contribution < -0.4 is 4.90 Å². The van der Waals surface area contributed by atoms with Gasteiger partial charge in [-0.25, -0.2) is 9.78 Å². The van der Waals surface area contributed by atoms with Crippen molar-refractivity contribution in [2.24, 2.45) is 0 Å². The van der Waals surface area contributed by atoms with Crippen molar-refractivity contribution in [1.29, 1.82) is 0 Å². The average molecular weight is 266 g/mol. The summed E-state index contributed by atoms with van der Waals surface area (Å²) >= 11 is 0. The molecule has 1 aliphatic rings. The average Bonchev–Trinajstić information content (AvgIpc) is 2.46. The summed E-state index contributed by atoms with van der Waals surface area (Å²) in [4.78, 5) is 16.8. The Balaban J connectivity index is 1.94. The second kappa shape index (κ2) is 6.49. The second-order valence-corrected chi connectivity index (χ2v) is 4.49. The molecule has 1 fully saturated rings. The van der Waals surface area contributed by atoms with E-state index < -0.39 is 5.97 Å². The van der Waals surface area contributed by atoms with Crippen molar-refractivity contribution in [3.8, 4) is 0 Å². The summed E-state index contributed by atoms with van der Waals surface area (Å²) in [7, 11) is 0. The molecule has 2 rings (SSSR count). The molecule has 0 bridgehead atoms. The fourth-order valence-corrected chi connectivity index (χ4v) is 2.23. The highest BCUT2D eigenvalue weighted by Crippen LogP contribution is 2.21. The van der Waals surface area contributed by atoms with Gasteiger partial charge in [-0.15, -0.1) is 0 Å². The lowest BCUT2D eigenvalue weighted by molar-refractivity contribution is 0.0159. The van der Waals surface area contributed by atoms with E-state index in [0.29, 0.717) is 6.61 Å². The number of carbonyl (C=O) groups is 1. The Morgan fingerprint density at radius 3 is 2.84 bits per heavy atom. The minimum Gasteiger partial charge on any atom is -0.477 e. The predicted molar refractivity (Wildman–Crippen MR) is 69.5 cm³/mol. The van der Waals surface area contributed by atoms with Crippen LogP contribution in [0.3, 0.4) is 0 Å². The molecule has 1 saturated heterocycles. The second-order valence-electron chi connectivity index (χ2n) is 4.49. The molecule has 0 amide bonds. The lowest BCUT2D eigenvalue weighted by Gasteiger charge is -2.33. The molecule has 6 nitrogen and oxygen atoms in total. The van der Waals surface area contributed by atoms with Gasteiger partial charge in [-0.1, -0.05) is 0 Å². The molecule has 1 aromatic heterocycles. The van der Waals surface area contributed by atoms with Crippen molar-refractivity contribution < 1.29 is 19.7 Å². The summed E-state index contributed by atoms with van der Waals surface area (Å²) in [5.41, 5.74) is 0.948. The number of rotatable bonds is 5. The van der Waals surface area contributed by atoms with E-state index in [1.165, 1.54) is 6.20 Å². The Morgan fingerprint density at radius 2 is 2.21 bits per heavy atom. The molecule has 19 heavy (non-hydrogen) atoms. The number of pyridine rings is 1. The zero-order valence-electron chi connectivity index (χ0n) is 10.7. The number of carboxylic acid groups (broad SMARTS) is 1. The maximum atomic E-state index is 10.9. The number of carboxylic acids is 1. The van der Waals surface area contributed by atoms with Crippen molar-refractivity contribution in [1.82, 2.24) is 4.98 Å². The Labute approximate surface area is 111 Å². The number of ether oxygens (including phenoxy) is 1. The molecular formula is C13H18N2O4. The van der Waals surface area contributed by atoms with Crippen molar-refractivity contribution >= 4 is 11.7 Å². The zero-order valence-corrected chi connectivity index (χ0v) is 10.7. The Bertz CT molecular complexity index is 430. The first-order valence-electron chi connectivity index (χ1n) is 6.37. The highest BCUT2D eigenvalue weighted by molar-refractivity contribution is 5.86. The molecule has 0 saturated carbocycles. The van der Waals surface area contributed by atoms with E-state index in [0.717, 1.165) is 31.6 Å². The van der Waals surface area contributed by atoms with Gasteiger partial charge in [0.2, 0.25) is 0 Å². The van der Waals surface area contributed by atoms with Gasteiger partial charge < -0.3 is 19.8 Å². The first-order chi connectivity index (χ1) is 9.20. The van der Waals surface area contributed by atoms with Crippen LogP contribution in [-0.4, -0.2) is 53.6 Å². The standard InChI is InChI=1S/C13H18N2O4/c16-7-8-19-11-2-5-15(6-3-11)10-1-4-14-12(9-10)13(17)18/h1,4,9,11,16H,2-3,5-8H2,(H,17,18). The van der Waals surface area contributed by atoms with E-state index in [-0.39, 0.29) is 18.4 Å². The van der Waals surface area contributed by atoms with Crippen molar-refractivity contribution in [3.05, 3.63) is 24.0 Å². The Morgan fingerprint density at radius 1 is 1.47 bits per heavy atom. The van der Waals surface area contributed by atoms with Crippen LogP contribution in [0.15, 0.2) is 18.3 Å². The van der Waals surface area contributed by atoms with Gasteiger partial charge in [-0.3, -0.25) is 0 Å². The number of hydrogen-bond acceptors (Lipinski definition) is 5. The lowest BCUT2D eigenvalue weighted by atomic mass is 10.1. The monoisotopic (exact) mass is 266 g/mol. The van der Waals surface area contributed by atoms with Gasteiger partial charge in [0.25, 0.3) is 0 Å². The van der Waals surface area contributed by atoms with Gasteiger partial charge in [0, 0.05) is 25.0 Å². The molecule has 2 N–H and O–H groups in total. The van der Waals surface area contributed by atoms with E-state index in [4.69, 9.17) is 14.9 Å². The number of hydrogen-bond donors (Lipinski definition) is 2. The van der Waals surface area contributed by atoms with Crippen molar-refractivity contribution in [3.63, 3.8) is 0 Å². The van der Waals surface area contributed by atoms with Crippen molar-refractivity contribution in [2.75, 3.05) is 31.2 Å². The molecule has 1 aliphatic heterocycles. The van der Waals surface area contributed by atoms with Crippen LogP contribution in [0.4, 0.5) is 5.69 Å². The minimum atomic E-state index is -1.01. The summed E-state index contributed by atoms with van der Waals surface area (Å²) in [6.07, 6.45) is 3.46. The lowest BCUT2D eigenvalue weighted by Crippen LogP contribution is -2.37. The van der Waals surface area contributed by atoms with Crippen LogP contribution in [0, 0.1) is 0 Å². The van der Waals surface area contributed by atoms with E-state index >= 15 is 0 Å². The summed E-state index contributed by atoms with van der Waals surface area (Å²) in [5.74, 6) is -1.01. The number of nitrogens with zero attached hydrogens (tertiary/aromatic N) is 2. The summed E-state index contributed by atoms with van der Waals surface area (Å²) < 4.78 is 5.50. The topological polar surface area (TPSA) is 82.9 Å². The van der Waals surface area contributed by atoms with E-state index in [9.17, 15) is 4.79 Å². The van der Waals surface area contributed by atoms with Crippen molar-refractivity contribution in [2.45, 2.75) is 18.9 Å². The largest absolute Gasteiger partial charge is 0.477 e. The van der Waals surface area contributed by atoms with E-state index in [1.807, 2.05) is 6.07 Å². The van der Waals surface area contributed by atoms with Gasteiger partial charge in [0.05, 0.1) is 19.3 Å². The number of piperidine rings is 1. The zero-order chi connectivity index (χ0) is 13.7. The molecule has 0 unspecified atom stereocenters. The molecule has 2 heterocycles. The third-order valence-corrected chi connectivity index (χ3v) is 3.21. The van der Waals surface area contributed by atoms with E-state index in [1.54, 1.807) is 6.07 Å². The van der Waals surface area contributed by atoms with Crippen LogP contribution in [0.25, 0.3) is 0 Å². The third-order valence-electron chi connectivity index (χ3n) is 3.21. The third kappa shape index (κ3) is 3.65. The Hall–Kier alpha value is -1.66. The van der Waals surface area contributed by atoms with Gasteiger partial charge in [0.1, 0.15) is 5.69 Å². The number of aromatic nitrogens is 1. The van der Waals surface area contributed by atoms with Gasteiger partial charge in [-0.05, 0) is 25.0 Å². The highest BCUT2D eigenvalue weighted by Gasteiger charge is 2.20. The predicted octanol–water partition coefficient (Wildman–Crippen LogP) is 0.758. The molecule has 0 spiro atoms. The van der Waals surface area contributed by atoms with Crippen LogP contribution in [0.5, 0.6) is 0 Å². The fraction of sp³-hybridized carbons (Fsp3) is 0.538. The van der Waals surface area contributed by atoms with Crippen LogP contribution in [-0.2, 0) is 4.74 Å². The van der Waals surface area contributed by atoms with E-state index in [2.05, 4.69) is 9.88 Å². The summed E-state index contributed by atoms with van der Waals surface area (Å²) in [6, 6.07) is 3.42. The smallest absolute Gasteiger partial charge is 0.354 e. The molecule has 1 aromatic rings. The molecule has 0 aliphatic carbocycles. The summed E-state index contributed by atoms with van der Waals surface area (Å²) in [5, 5.41) is 17.6. The Kier molecular flexibility index (Phi) is 4.70. The minimum absolute atomic E-state index is 0.0482. The first kappa shape index (κ1) is 13.8. The molecule has 0 atom stereocenters. The maximum absolute atomic E-state index is 10.9. The number of anilines is 1. The molecule has 6 heteroatoms. The quantitative estimate of drug-likeness (QED) is 0.818. The molecule has 0 aromatic carbocycles. The first-order valence-corrected chi connectivity index (χ1v) is 6.37. The molecule has 104 valence electrons. The van der Waals surface area contributed by atoms with Gasteiger partial charge >= 0.3 is 5.97 Å². The molecular weight excluding hydrogens is 248 g/mol. The van der Waals surface area contributed by atoms with Crippen LogP contribution in [0.1, 0.15) is 23.3 Å². The van der Waals surface area contributed by atoms with Gasteiger partial charge in [0.15, 0.2) is 0 Å². The number of aliphatic hydroxyl groups excluding tert-OH is 1. The maximum Gasteiger partial charge on any atom is 0.354 e. The number of aromatic carboxylic acids is 1. The van der Waals surface area contributed by atoms with Gasteiger partial charge in [-0.2, -0.15) is 0 Å². The fourth-order valence-electron chi connectivity index (χ4n) is 2.23. The number of aliphatic hydroxyl groups is 1. The molecule has 0 radical (unpaired) electrons. The SMILES string of the molecule is O=C(O)c1cc(N2CCC(OCCO)CC2)ccn1. The normalized spacial score (nSPS) is 16.6.